The molecule has 0 saturated carbocycles. The number of carbonyl (C=O) groups excluding carboxylic acids is 2. The molecule has 2 saturated heterocycles. The average Bonchev–Trinajstić information content (AvgIpc) is 2.47. The van der Waals surface area contributed by atoms with Gasteiger partial charge in [-0.15, -0.1) is 0 Å². The van der Waals surface area contributed by atoms with Gasteiger partial charge in [-0.3, -0.25) is 9.59 Å². The molecule has 2 amide bonds. The first-order chi connectivity index (χ1) is 10.6. The molecule has 22 heavy (non-hydrogen) atoms. The molecule has 3 N–H and O–H groups in total. The molecule has 0 radical (unpaired) electrons. The Kier molecular flexibility index (Phi) is 4.36. The summed E-state index contributed by atoms with van der Waals surface area (Å²) < 4.78 is 0. The van der Waals surface area contributed by atoms with E-state index in [1.165, 1.54) is 0 Å². The number of benzene rings is 1. The van der Waals surface area contributed by atoms with Crippen LogP contribution in [0.1, 0.15) is 18.4 Å². The summed E-state index contributed by atoms with van der Waals surface area (Å²) in [4.78, 5) is 24.5. The Hall–Kier alpha value is -1.59. The highest BCUT2D eigenvalue weighted by molar-refractivity contribution is 6.30. The van der Waals surface area contributed by atoms with Crippen molar-refractivity contribution in [3.05, 3.63) is 34.9 Å². The fourth-order valence-electron chi connectivity index (χ4n) is 3.01. The molecule has 0 spiro atoms. The van der Waals surface area contributed by atoms with Crippen molar-refractivity contribution in [3.8, 4) is 0 Å². The van der Waals surface area contributed by atoms with Gasteiger partial charge in [-0.1, -0.05) is 23.7 Å². The van der Waals surface area contributed by atoms with Crippen molar-refractivity contribution in [1.82, 2.24) is 16.0 Å². The zero-order valence-electron chi connectivity index (χ0n) is 12.3. The second-order valence-corrected chi connectivity index (χ2v) is 6.58. The van der Waals surface area contributed by atoms with Crippen molar-refractivity contribution in [2.75, 3.05) is 19.6 Å². The summed E-state index contributed by atoms with van der Waals surface area (Å²) in [7, 11) is 0. The lowest BCUT2D eigenvalue weighted by Gasteiger charge is -2.42. The van der Waals surface area contributed by atoms with Crippen molar-refractivity contribution in [3.63, 3.8) is 0 Å². The molecular formula is C16H20ClN3O2. The highest BCUT2D eigenvalue weighted by atomic mass is 35.5. The largest absolute Gasteiger partial charge is 0.354 e. The molecule has 2 heterocycles. The van der Waals surface area contributed by atoms with E-state index in [1.807, 2.05) is 24.3 Å². The van der Waals surface area contributed by atoms with Gasteiger partial charge in [0.1, 0.15) is 6.04 Å². The zero-order valence-corrected chi connectivity index (χ0v) is 13.1. The second kappa shape index (κ2) is 6.26. The van der Waals surface area contributed by atoms with Crippen LogP contribution in [-0.4, -0.2) is 37.5 Å². The van der Waals surface area contributed by atoms with Gasteiger partial charge in [0, 0.05) is 24.7 Å². The molecule has 2 aliphatic rings. The molecule has 6 heteroatoms. The molecule has 1 unspecified atom stereocenters. The predicted molar refractivity (Wildman–Crippen MR) is 84.6 cm³/mol. The quantitative estimate of drug-likeness (QED) is 0.770. The Bertz CT molecular complexity index is 569. The predicted octanol–water partition coefficient (Wildman–Crippen LogP) is 0.867. The first-order valence-electron chi connectivity index (χ1n) is 7.63. The maximum absolute atomic E-state index is 12.7. The fraction of sp³-hybridized carbons (Fsp3) is 0.500. The van der Waals surface area contributed by atoms with Gasteiger partial charge in [0.15, 0.2) is 0 Å². The second-order valence-electron chi connectivity index (χ2n) is 6.15. The van der Waals surface area contributed by atoms with E-state index < -0.39 is 11.5 Å². The first-order valence-corrected chi connectivity index (χ1v) is 8.01. The summed E-state index contributed by atoms with van der Waals surface area (Å²) in [6.45, 7) is 1.97. The number of hydrogen-bond donors (Lipinski definition) is 3. The highest BCUT2D eigenvalue weighted by Gasteiger charge is 2.45. The molecule has 1 aromatic carbocycles. The standard InChI is InChI=1S/C16H20ClN3O2/c17-12-5-3-11(4-6-12)8-16(9-18-10-16)15(22)20-13-2-1-7-19-14(13)21/h3-6,13,18H,1-2,7-10H2,(H,19,21)(H,20,22). The van der Waals surface area contributed by atoms with Crippen LogP contribution in [0.2, 0.25) is 5.02 Å². The van der Waals surface area contributed by atoms with Crippen LogP contribution in [0.3, 0.4) is 0 Å². The van der Waals surface area contributed by atoms with Gasteiger partial charge in [0.2, 0.25) is 11.8 Å². The number of nitrogens with one attached hydrogen (secondary N) is 3. The highest BCUT2D eigenvalue weighted by Crippen LogP contribution is 2.29. The van der Waals surface area contributed by atoms with Crippen molar-refractivity contribution in [2.24, 2.45) is 5.41 Å². The summed E-state index contributed by atoms with van der Waals surface area (Å²) in [5.41, 5.74) is 0.611. The Morgan fingerprint density at radius 3 is 2.64 bits per heavy atom. The minimum absolute atomic E-state index is 0.0387. The molecule has 2 fully saturated rings. The van der Waals surface area contributed by atoms with Crippen LogP contribution in [0.25, 0.3) is 0 Å². The smallest absolute Gasteiger partial charge is 0.242 e. The van der Waals surface area contributed by atoms with E-state index in [0.29, 0.717) is 37.5 Å². The lowest BCUT2D eigenvalue weighted by molar-refractivity contribution is -0.138. The maximum atomic E-state index is 12.7. The number of hydrogen-bond acceptors (Lipinski definition) is 3. The molecule has 1 aromatic rings. The van der Waals surface area contributed by atoms with E-state index in [9.17, 15) is 9.59 Å². The van der Waals surface area contributed by atoms with Crippen molar-refractivity contribution >= 4 is 23.4 Å². The topological polar surface area (TPSA) is 70.2 Å². The molecule has 2 aliphatic heterocycles. The molecular weight excluding hydrogens is 302 g/mol. The Labute approximate surface area is 134 Å². The van der Waals surface area contributed by atoms with Crippen LogP contribution < -0.4 is 16.0 Å². The summed E-state index contributed by atoms with van der Waals surface area (Å²) in [5.74, 6) is -0.114. The third-order valence-corrected chi connectivity index (χ3v) is 4.71. The number of carbonyl (C=O) groups is 2. The van der Waals surface area contributed by atoms with Crippen LogP contribution in [0.15, 0.2) is 24.3 Å². The fourth-order valence-corrected chi connectivity index (χ4v) is 3.13. The minimum Gasteiger partial charge on any atom is -0.354 e. The van der Waals surface area contributed by atoms with Crippen LogP contribution in [-0.2, 0) is 16.0 Å². The van der Waals surface area contributed by atoms with Gasteiger partial charge in [-0.25, -0.2) is 0 Å². The van der Waals surface area contributed by atoms with E-state index >= 15 is 0 Å². The van der Waals surface area contributed by atoms with E-state index in [1.54, 1.807) is 0 Å². The number of amides is 2. The van der Waals surface area contributed by atoms with Crippen molar-refractivity contribution < 1.29 is 9.59 Å². The molecule has 0 bridgehead atoms. The van der Waals surface area contributed by atoms with Gasteiger partial charge in [0.25, 0.3) is 0 Å². The number of piperidine rings is 1. The molecule has 0 aromatic heterocycles. The number of rotatable bonds is 4. The molecule has 0 aliphatic carbocycles. The van der Waals surface area contributed by atoms with Crippen molar-refractivity contribution in [1.29, 1.82) is 0 Å². The lowest BCUT2D eigenvalue weighted by atomic mass is 9.75. The summed E-state index contributed by atoms with van der Waals surface area (Å²) in [5, 5.41) is 9.59. The van der Waals surface area contributed by atoms with E-state index in [2.05, 4.69) is 16.0 Å². The van der Waals surface area contributed by atoms with Gasteiger partial charge < -0.3 is 16.0 Å². The van der Waals surface area contributed by atoms with Crippen LogP contribution in [0.5, 0.6) is 0 Å². The molecule has 1 atom stereocenters. The van der Waals surface area contributed by atoms with Crippen molar-refractivity contribution in [2.45, 2.75) is 25.3 Å². The lowest BCUT2D eigenvalue weighted by Crippen LogP contribution is -2.65. The zero-order chi connectivity index (χ0) is 15.6. The van der Waals surface area contributed by atoms with Gasteiger partial charge in [-0.05, 0) is 37.0 Å². The van der Waals surface area contributed by atoms with Crippen LogP contribution in [0, 0.1) is 5.41 Å². The first kappa shape index (κ1) is 15.3. The van der Waals surface area contributed by atoms with E-state index in [0.717, 1.165) is 12.0 Å². The van der Waals surface area contributed by atoms with Gasteiger partial charge >= 0.3 is 0 Å². The monoisotopic (exact) mass is 321 g/mol. The Balaban J connectivity index is 1.68. The summed E-state index contributed by atoms with van der Waals surface area (Å²) in [6.07, 6.45) is 2.26. The Morgan fingerprint density at radius 1 is 1.32 bits per heavy atom. The Morgan fingerprint density at radius 2 is 2.05 bits per heavy atom. The minimum atomic E-state index is -0.467. The third-order valence-electron chi connectivity index (χ3n) is 4.45. The molecule has 118 valence electrons. The van der Waals surface area contributed by atoms with Gasteiger partial charge in [-0.2, -0.15) is 0 Å². The summed E-state index contributed by atoms with van der Waals surface area (Å²) in [6, 6.07) is 7.17. The van der Waals surface area contributed by atoms with Gasteiger partial charge in [0.05, 0.1) is 5.41 Å². The summed E-state index contributed by atoms with van der Waals surface area (Å²) >= 11 is 5.90. The third kappa shape index (κ3) is 3.10. The number of halogens is 1. The van der Waals surface area contributed by atoms with Crippen LogP contribution in [0.4, 0.5) is 0 Å². The SMILES string of the molecule is O=C1NCCCC1NC(=O)C1(Cc2ccc(Cl)cc2)CNC1. The average molecular weight is 322 g/mol. The van der Waals surface area contributed by atoms with E-state index in [-0.39, 0.29) is 11.8 Å². The molecule has 3 rings (SSSR count). The van der Waals surface area contributed by atoms with Crippen LogP contribution >= 0.6 is 11.6 Å². The molecule has 5 nitrogen and oxygen atoms in total. The normalized spacial score (nSPS) is 23.3. The maximum Gasteiger partial charge on any atom is 0.242 e. The van der Waals surface area contributed by atoms with E-state index in [4.69, 9.17) is 11.6 Å².